The Bertz CT molecular complexity index is 307. The highest BCUT2D eigenvalue weighted by molar-refractivity contribution is 5.79. The van der Waals surface area contributed by atoms with Gasteiger partial charge in [0.15, 0.2) is 0 Å². The first-order valence-electron chi connectivity index (χ1n) is 5.92. The van der Waals surface area contributed by atoms with E-state index in [0.29, 0.717) is 13.2 Å². The molecule has 0 aromatic heterocycles. The van der Waals surface area contributed by atoms with Crippen LogP contribution in [0.2, 0.25) is 0 Å². The molecule has 1 atom stereocenters. The van der Waals surface area contributed by atoms with E-state index in [0.717, 1.165) is 32.4 Å². The Hall–Kier alpha value is -1.08. The largest absolute Gasteiger partial charge is 0.381 e. The highest BCUT2D eigenvalue weighted by Crippen LogP contribution is 2.30. The van der Waals surface area contributed by atoms with Gasteiger partial charge in [0.05, 0.1) is 24.0 Å². The van der Waals surface area contributed by atoms with E-state index in [1.165, 1.54) is 0 Å². The van der Waals surface area contributed by atoms with Crippen LogP contribution in [-0.2, 0) is 9.53 Å². The van der Waals surface area contributed by atoms with Crippen LogP contribution in [0, 0.1) is 22.7 Å². The normalized spacial score (nSPS) is 28.8. The molecule has 0 bridgehead atoms. The molecule has 2 heterocycles. The van der Waals surface area contributed by atoms with Gasteiger partial charge in [-0.3, -0.25) is 4.79 Å². The summed E-state index contributed by atoms with van der Waals surface area (Å²) in [5.41, 5.74) is -0.233. The molecule has 0 N–H and O–H groups in total. The Kier molecular flexibility index (Phi) is 3.15. The number of hydrogen-bond donors (Lipinski definition) is 0. The first kappa shape index (κ1) is 11.4. The summed E-state index contributed by atoms with van der Waals surface area (Å²) >= 11 is 0. The molecule has 0 radical (unpaired) electrons. The third-order valence-corrected chi connectivity index (χ3v) is 3.73. The first-order chi connectivity index (χ1) is 7.64. The van der Waals surface area contributed by atoms with Crippen LogP contribution in [0.5, 0.6) is 0 Å². The maximum absolute atomic E-state index is 12.1. The van der Waals surface area contributed by atoms with Crippen molar-refractivity contribution in [3.63, 3.8) is 0 Å². The monoisotopic (exact) mass is 222 g/mol. The van der Waals surface area contributed by atoms with Crippen molar-refractivity contribution in [2.24, 2.45) is 11.3 Å². The molecular weight excluding hydrogens is 204 g/mol. The maximum atomic E-state index is 12.1. The Morgan fingerprint density at radius 3 is 2.69 bits per heavy atom. The highest BCUT2D eigenvalue weighted by atomic mass is 16.5. The summed E-state index contributed by atoms with van der Waals surface area (Å²) in [6, 6.07) is 2.35. The van der Waals surface area contributed by atoms with E-state index in [2.05, 4.69) is 6.07 Å². The van der Waals surface area contributed by atoms with Crippen LogP contribution >= 0.6 is 0 Å². The quantitative estimate of drug-likeness (QED) is 0.669. The van der Waals surface area contributed by atoms with Crippen molar-refractivity contribution in [1.29, 1.82) is 5.26 Å². The summed E-state index contributed by atoms with van der Waals surface area (Å²) in [5, 5.41) is 9.01. The summed E-state index contributed by atoms with van der Waals surface area (Å²) in [6.07, 6.45) is 2.44. The van der Waals surface area contributed by atoms with Crippen molar-refractivity contribution in [2.75, 3.05) is 26.3 Å². The molecule has 0 spiro atoms. The fourth-order valence-electron chi connectivity index (χ4n) is 2.32. The maximum Gasteiger partial charge on any atom is 0.228 e. The fraction of sp³-hybridized carbons (Fsp3) is 0.833. The van der Waals surface area contributed by atoms with Gasteiger partial charge in [0.25, 0.3) is 0 Å². The zero-order chi connectivity index (χ0) is 11.6. The van der Waals surface area contributed by atoms with E-state index in [-0.39, 0.29) is 17.2 Å². The second-order valence-corrected chi connectivity index (χ2v) is 5.06. The molecule has 88 valence electrons. The van der Waals surface area contributed by atoms with Gasteiger partial charge in [-0.05, 0) is 26.2 Å². The Labute approximate surface area is 96.2 Å². The highest BCUT2D eigenvalue weighted by Gasteiger charge is 2.35. The lowest BCUT2D eigenvalue weighted by Crippen LogP contribution is -2.44. The average Bonchev–Trinajstić information content (AvgIpc) is 2.83. The minimum Gasteiger partial charge on any atom is -0.381 e. The van der Waals surface area contributed by atoms with Crippen molar-refractivity contribution in [3.05, 3.63) is 0 Å². The molecule has 4 nitrogen and oxygen atoms in total. The molecule has 0 aliphatic carbocycles. The topological polar surface area (TPSA) is 53.3 Å². The molecule has 16 heavy (non-hydrogen) atoms. The molecule has 2 fully saturated rings. The van der Waals surface area contributed by atoms with E-state index in [9.17, 15) is 4.79 Å². The van der Waals surface area contributed by atoms with Crippen molar-refractivity contribution < 1.29 is 9.53 Å². The van der Waals surface area contributed by atoms with Crippen LogP contribution in [-0.4, -0.2) is 37.1 Å². The lowest BCUT2D eigenvalue weighted by Gasteiger charge is -2.36. The molecule has 0 aromatic carbocycles. The zero-order valence-corrected chi connectivity index (χ0v) is 9.74. The van der Waals surface area contributed by atoms with Gasteiger partial charge in [0.2, 0.25) is 5.91 Å². The number of likely N-dealkylation sites (tertiary alicyclic amines) is 1. The summed E-state index contributed by atoms with van der Waals surface area (Å²) in [4.78, 5) is 14.0. The first-order valence-corrected chi connectivity index (χ1v) is 5.92. The Balaban J connectivity index is 1.89. The van der Waals surface area contributed by atoms with Gasteiger partial charge in [0, 0.05) is 19.7 Å². The molecule has 2 saturated heterocycles. The molecule has 4 heteroatoms. The molecule has 2 rings (SSSR count). The number of rotatable bonds is 1. The van der Waals surface area contributed by atoms with Gasteiger partial charge in [-0.1, -0.05) is 0 Å². The number of carbonyl (C=O) groups is 1. The van der Waals surface area contributed by atoms with E-state index < -0.39 is 0 Å². The summed E-state index contributed by atoms with van der Waals surface area (Å²) in [6.45, 7) is 4.71. The van der Waals surface area contributed by atoms with E-state index in [1.807, 2.05) is 11.8 Å². The van der Waals surface area contributed by atoms with Crippen LogP contribution < -0.4 is 0 Å². The van der Waals surface area contributed by atoms with Gasteiger partial charge >= 0.3 is 0 Å². The molecule has 2 aliphatic rings. The van der Waals surface area contributed by atoms with Crippen LogP contribution in [0.25, 0.3) is 0 Å². The molecule has 1 amide bonds. The molecular formula is C12H18N2O2. The van der Waals surface area contributed by atoms with Crippen molar-refractivity contribution in [2.45, 2.75) is 26.2 Å². The van der Waals surface area contributed by atoms with Gasteiger partial charge < -0.3 is 9.64 Å². The number of hydrogen-bond acceptors (Lipinski definition) is 3. The van der Waals surface area contributed by atoms with Gasteiger partial charge in [0.1, 0.15) is 0 Å². The van der Waals surface area contributed by atoms with Crippen molar-refractivity contribution in [1.82, 2.24) is 4.90 Å². The molecule has 2 aliphatic heterocycles. The van der Waals surface area contributed by atoms with Crippen molar-refractivity contribution in [3.8, 4) is 6.07 Å². The minimum atomic E-state index is -0.233. The summed E-state index contributed by atoms with van der Waals surface area (Å²) in [5.74, 6) is 0.281. The molecule has 0 saturated carbocycles. The third kappa shape index (κ3) is 2.19. The summed E-state index contributed by atoms with van der Waals surface area (Å²) in [7, 11) is 0. The lowest BCUT2D eigenvalue weighted by atomic mass is 9.82. The Morgan fingerprint density at radius 1 is 1.50 bits per heavy atom. The minimum absolute atomic E-state index is 0.0615. The SMILES string of the molecule is CC1(C#N)CCN(C(=O)C2CCOC2)CC1. The standard InChI is InChI=1S/C12H18N2O2/c1-12(9-13)3-5-14(6-4-12)11(15)10-2-7-16-8-10/h10H,2-8H2,1H3. The average molecular weight is 222 g/mol. The lowest BCUT2D eigenvalue weighted by molar-refractivity contribution is -0.137. The van der Waals surface area contributed by atoms with Crippen molar-refractivity contribution >= 4 is 5.91 Å². The van der Waals surface area contributed by atoms with E-state index in [1.54, 1.807) is 0 Å². The number of carbonyl (C=O) groups excluding carboxylic acids is 1. The van der Waals surface area contributed by atoms with E-state index in [4.69, 9.17) is 10.00 Å². The second kappa shape index (κ2) is 4.42. The number of amides is 1. The van der Waals surface area contributed by atoms with Gasteiger partial charge in [-0.2, -0.15) is 5.26 Å². The Morgan fingerprint density at radius 2 is 2.19 bits per heavy atom. The third-order valence-electron chi connectivity index (χ3n) is 3.73. The van der Waals surface area contributed by atoms with Gasteiger partial charge in [-0.15, -0.1) is 0 Å². The van der Waals surface area contributed by atoms with Gasteiger partial charge in [-0.25, -0.2) is 0 Å². The number of nitrogens with zero attached hydrogens (tertiary/aromatic N) is 2. The predicted octanol–water partition coefficient (Wildman–Crippen LogP) is 1.18. The van der Waals surface area contributed by atoms with Crippen LogP contribution in [0.1, 0.15) is 26.2 Å². The molecule has 1 unspecified atom stereocenters. The summed E-state index contributed by atoms with van der Waals surface area (Å²) < 4.78 is 5.23. The van der Waals surface area contributed by atoms with E-state index >= 15 is 0 Å². The number of piperidine rings is 1. The van der Waals surface area contributed by atoms with Crippen LogP contribution in [0.4, 0.5) is 0 Å². The second-order valence-electron chi connectivity index (χ2n) is 5.06. The predicted molar refractivity (Wildman–Crippen MR) is 58.5 cm³/mol. The fourth-order valence-corrected chi connectivity index (χ4v) is 2.32. The number of ether oxygens (including phenoxy) is 1. The smallest absolute Gasteiger partial charge is 0.228 e. The van der Waals surface area contributed by atoms with Crippen LogP contribution in [0.3, 0.4) is 0 Å². The van der Waals surface area contributed by atoms with Crippen LogP contribution in [0.15, 0.2) is 0 Å². The zero-order valence-electron chi connectivity index (χ0n) is 9.74. The number of nitriles is 1. The molecule has 0 aromatic rings.